The van der Waals surface area contributed by atoms with Crippen molar-refractivity contribution < 1.29 is 49.0 Å². The first-order valence-corrected chi connectivity index (χ1v) is 11.2. The van der Waals surface area contributed by atoms with Crippen molar-refractivity contribution in [2.75, 3.05) is 26.1 Å². The van der Waals surface area contributed by atoms with E-state index >= 15 is 0 Å². The second-order valence-electron chi connectivity index (χ2n) is 7.21. The first-order chi connectivity index (χ1) is 16.6. The Morgan fingerprint density at radius 2 is 1.67 bits per heavy atom. The molecule has 36 heavy (non-hydrogen) atoms. The molecular weight excluding hydrogens is 520 g/mol. The Morgan fingerprint density at radius 3 is 2.25 bits per heavy atom. The van der Waals surface area contributed by atoms with Crippen molar-refractivity contribution in [1.29, 1.82) is 0 Å². The quantitative estimate of drug-likeness (QED) is 0.559. The predicted octanol–water partition coefficient (Wildman–Crippen LogP) is 4.16. The molecule has 194 valence electrons. The average molecular weight is 537 g/mol. The normalized spacial score (nSPS) is 15.6. The second-order valence-corrected chi connectivity index (χ2v) is 8.73. The van der Waals surface area contributed by atoms with E-state index in [1.165, 1.54) is 32.4 Å². The van der Waals surface area contributed by atoms with Crippen LogP contribution in [0.25, 0.3) is 0 Å². The van der Waals surface area contributed by atoms with Gasteiger partial charge in [-0.15, -0.1) is 4.40 Å². The van der Waals surface area contributed by atoms with E-state index in [4.69, 9.17) is 9.47 Å². The number of carbonyl (C=O) groups excluding carboxylic acids is 1. The van der Waals surface area contributed by atoms with Crippen LogP contribution in [0.2, 0.25) is 0 Å². The molecule has 0 saturated carbocycles. The third-order valence-electron chi connectivity index (χ3n) is 4.72. The highest BCUT2D eigenvalue weighted by atomic mass is 32.2. The molecule has 3 rings (SSSR count). The Hall–Kier alpha value is -3.75. The van der Waals surface area contributed by atoms with Crippen LogP contribution in [0.1, 0.15) is 11.1 Å². The Kier molecular flexibility index (Phi) is 7.25. The molecule has 1 heterocycles. The molecule has 1 N–H and O–H groups in total. The summed E-state index contributed by atoms with van der Waals surface area (Å²) in [5.74, 6) is -1.02. The van der Waals surface area contributed by atoms with Gasteiger partial charge >= 0.3 is 22.6 Å². The van der Waals surface area contributed by atoms with Gasteiger partial charge in [0.1, 0.15) is 12.2 Å². The molecule has 0 bridgehead atoms. The lowest BCUT2D eigenvalue weighted by Gasteiger charge is -2.28. The SMILES string of the molecule is COc1ccc(C2=NS(=O)(=O)N(CC(F)(F)F)C(C(=O)Nc3cccc(C(F)(F)F)c3)=C2)cc1OC. The van der Waals surface area contributed by atoms with Gasteiger partial charge in [-0.05, 0) is 42.5 Å². The zero-order valence-corrected chi connectivity index (χ0v) is 19.3. The lowest BCUT2D eigenvalue weighted by Crippen LogP contribution is -2.43. The van der Waals surface area contributed by atoms with Gasteiger partial charge in [0, 0.05) is 11.3 Å². The summed E-state index contributed by atoms with van der Waals surface area (Å²) in [6.07, 6.45) is -9.06. The maximum absolute atomic E-state index is 13.2. The molecule has 0 unspecified atom stereocenters. The van der Waals surface area contributed by atoms with Crippen LogP contribution in [0, 0.1) is 0 Å². The molecule has 0 aliphatic carbocycles. The Morgan fingerprint density at radius 1 is 1.00 bits per heavy atom. The lowest BCUT2D eigenvalue weighted by molar-refractivity contribution is -0.138. The molecule has 1 aliphatic rings. The van der Waals surface area contributed by atoms with E-state index in [9.17, 15) is 39.6 Å². The van der Waals surface area contributed by atoms with Gasteiger partial charge in [-0.3, -0.25) is 4.79 Å². The maximum Gasteiger partial charge on any atom is 0.416 e. The number of alkyl halides is 6. The van der Waals surface area contributed by atoms with Gasteiger partial charge in [0.05, 0.1) is 25.5 Å². The van der Waals surface area contributed by atoms with Crippen molar-refractivity contribution in [3.05, 3.63) is 65.4 Å². The van der Waals surface area contributed by atoms with Gasteiger partial charge in [-0.1, -0.05) is 6.07 Å². The lowest BCUT2D eigenvalue weighted by atomic mass is 10.1. The van der Waals surface area contributed by atoms with Crippen LogP contribution in [-0.4, -0.2) is 51.3 Å². The fourth-order valence-electron chi connectivity index (χ4n) is 3.13. The summed E-state index contributed by atoms with van der Waals surface area (Å²) in [6, 6.07) is 7.28. The fraction of sp³-hybridized carbons (Fsp3) is 0.238. The van der Waals surface area contributed by atoms with Gasteiger partial charge in [0.25, 0.3) is 5.91 Å². The predicted molar refractivity (Wildman–Crippen MR) is 116 cm³/mol. The molecular formula is C21H17F6N3O5S. The van der Waals surface area contributed by atoms with E-state index in [1.807, 2.05) is 5.32 Å². The summed E-state index contributed by atoms with van der Waals surface area (Å²) < 4.78 is 117. The highest BCUT2D eigenvalue weighted by Crippen LogP contribution is 2.33. The molecule has 2 aromatic carbocycles. The van der Waals surface area contributed by atoms with Gasteiger partial charge in [0.15, 0.2) is 11.5 Å². The minimum atomic E-state index is -5.09. The van der Waals surface area contributed by atoms with Crippen LogP contribution in [0.3, 0.4) is 0 Å². The number of anilines is 1. The number of nitrogens with one attached hydrogen (secondary N) is 1. The van der Waals surface area contributed by atoms with E-state index in [1.54, 1.807) is 0 Å². The smallest absolute Gasteiger partial charge is 0.416 e. The number of carbonyl (C=O) groups is 1. The zero-order chi connectivity index (χ0) is 26.9. The first-order valence-electron chi connectivity index (χ1n) is 9.76. The van der Waals surface area contributed by atoms with Crippen molar-refractivity contribution >= 4 is 27.5 Å². The van der Waals surface area contributed by atoms with Crippen LogP contribution in [0.15, 0.2) is 58.6 Å². The number of amides is 1. The number of benzene rings is 2. The second kappa shape index (κ2) is 9.72. The molecule has 15 heteroatoms. The zero-order valence-electron chi connectivity index (χ0n) is 18.4. The molecule has 8 nitrogen and oxygen atoms in total. The number of hydrogen-bond donors (Lipinski definition) is 1. The molecule has 1 aliphatic heterocycles. The number of methoxy groups -OCH3 is 2. The van der Waals surface area contributed by atoms with E-state index in [0.29, 0.717) is 6.07 Å². The third-order valence-corrected chi connectivity index (χ3v) is 6.03. The van der Waals surface area contributed by atoms with Gasteiger partial charge in [-0.2, -0.15) is 34.8 Å². The van der Waals surface area contributed by atoms with Crippen LogP contribution in [0.4, 0.5) is 32.0 Å². The number of rotatable bonds is 6. The fourth-order valence-corrected chi connectivity index (χ4v) is 4.33. The number of allylic oxidation sites excluding steroid dienone is 1. The summed E-state index contributed by atoms with van der Waals surface area (Å²) in [7, 11) is -2.46. The summed E-state index contributed by atoms with van der Waals surface area (Å²) in [5, 5.41) is 2.01. The minimum Gasteiger partial charge on any atom is -0.493 e. The van der Waals surface area contributed by atoms with Crippen LogP contribution >= 0.6 is 0 Å². The largest absolute Gasteiger partial charge is 0.493 e. The van der Waals surface area contributed by atoms with Gasteiger partial charge in [0.2, 0.25) is 0 Å². The number of nitrogens with zero attached hydrogens (tertiary/aromatic N) is 2. The molecule has 0 spiro atoms. The molecule has 1 amide bonds. The standard InChI is InChI=1S/C21H17F6N3O5S/c1-34-17-7-6-12(8-18(17)35-2)15-10-16(30(11-20(22,23)24)36(32,33)29-15)19(31)28-14-5-3-4-13(9-14)21(25,26)27/h3-10H,11H2,1-2H3,(H,28,31). The number of ether oxygens (including phenoxy) is 2. The van der Waals surface area contributed by atoms with Crippen molar-refractivity contribution in [1.82, 2.24) is 4.31 Å². The Bertz CT molecular complexity index is 1340. The van der Waals surface area contributed by atoms with Crippen molar-refractivity contribution in [3.63, 3.8) is 0 Å². The van der Waals surface area contributed by atoms with E-state index in [-0.39, 0.29) is 21.4 Å². The summed E-state index contributed by atoms with van der Waals surface area (Å²) >= 11 is 0. The first kappa shape index (κ1) is 26.8. The minimum absolute atomic E-state index is 0.0484. The molecule has 2 aromatic rings. The summed E-state index contributed by atoms with van der Waals surface area (Å²) in [4.78, 5) is 12.9. The third kappa shape index (κ3) is 6.08. The highest BCUT2D eigenvalue weighted by Gasteiger charge is 2.41. The van der Waals surface area contributed by atoms with E-state index in [0.717, 1.165) is 24.3 Å². The monoisotopic (exact) mass is 537 g/mol. The molecule has 0 fully saturated rings. The van der Waals surface area contributed by atoms with Crippen molar-refractivity contribution in [2.24, 2.45) is 4.40 Å². The summed E-state index contributed by atoms with van der Waals surface area (Å²) in [6.45, 7) is -2.10. The van der Waals surface area contributed by atoms with Gasteiger partial charge < -0.3 is 14.8 Å². The maximum atomic E-state index is 13.2. The molecule has 0 aromatic heterocycles. The highest BCUT2D eigenvalue weighted by molar-refractivity contribution is 7.88. The number of halogens is 6. The Balaban J connectivity index is 2.08. The van der Waals surface area contributed by atoms with Crippen LogP contribution in [0.5, 0.6) is 11.5 Å². The van der Waals surface area contributed by atoms with E-state index in [2.05, 4.69) is 4.40 Å². The topological polar surface area (TPSA) is 97.3 Å². The summed E-state index contributed by atoms with van der Waals surface area (Å²) in [5.41, 5.74) is -2.93. The Labute approximate surface area is 201 Å². The van der Waals surface area contributed by atoms with E-state index < -0.39 is 57.7 Å². The van der Waals surface area contributed by atoms with Crippen LogP contribution in [-0.2, 0) is 21.2 Å². The van der Waals surface area contributed by atoms with Crippen molar-refractivity contribution in [3.8, 4) is 11.5 Å². The molecule has 0 saturated heterocycles. The van der Waals surface area contributed by atoms with Crippen molar-refractivity contribution in [2.45, 2.75) is 12.4 Å². The molecule has 0 atom stereocenters. The van der Waals surface area contributed by atoms with Crippen LogP contribution < -0.4 is 14.8 Å². The number of hydrogen-bond acceptors (Lipinski definition) is 5. The molecule has 0 radical (unpaired) electrons. The average Bonchev–Trinajstić information content (AvgIpc) is 2.78. The van der Waals surface area contributed by atoms with Gasteiger partial charge in [-0.25, -0.2) is 4.31 Å².